The number of ketones is 1. The number of rotatable bonds is 2. The van der Waals surface area contributed by atoms with Crippen LogP contribution in [0.4, 0.5) is 0 Å². The maximum atomic E-state index is 12.6. The number of aliphatic hydroxyl groups excluding tert-OH is 1. The Balaban J connectivity index is 1.48. The minimum atomic E-state index is -0.933. The lowest BCUT2D eigenvalue weighted by Gasteiger charge is -2.25. The van der Waals surface area contributed by atoms with Crippen LogP contribution in [-0.2, 0) is 19.0 Å². The van der Waals surface area contributed by atoms with E-state index in [1.54, 1.807) is 13.8 Å². The van der Waals surface area contributed by atoms with Gasteiger partial charge in [0, 0.05) is 5.92 Å². The number of aliphatic hydroxyl groups is 1. The molecule has 0 amide bonds. The second-order valence-corrected chi connectivity index (χ2v) is 6.80. The van der Waals surface area contributed by atoms with E-state index in [-0.39, 0.29) is 11.7 Å². The molecule has 2 bridgehead atoms. The zero-order valence-electron chi connectivity index (χ0n) is 11.7. The molecule has 0 aromatic heterocycles. The molecular weight excluding hydrogens is 260 g/mol. The molecule has 0 unspecified atom stereocenters. The van der Waals surface area contributed by atoms with Gasteiger partial charge in [0.25, 0.3) is 0 Å². The van der Waals surface area contributed by atoms with E-state index >= 15 is 0 Å². The third-order valence-electron chi connectivity index (χ3n) is 4.94. The Morgan fingerprint density at radius 1 is 1.25 bits per heavy atom. The number of ether oxygens (including phenoxy) is 3. The first kappa shape index (κ1) is 13.0. The molecule has 1 N–H and O–H groups in total. The Bertz CT molecular complexity index is 471. The van der Waals surface area contributed by atoms with Crippen LogP contribution >= 0.6 is 0 Å². The number of carbonyl (C=O) groups excluding carboxylic acids is 1. The normalized spacial score (nSPS) is 51.6. The summed E-state index contributed by atoms with van der Waals surface area (Å²) in [4.78, 5) is 12.6. The lowest BCUT2D eigenvalue weighted by atomic mass is 9.86. The SMILES string of the molecule is CC1(C)O[C@H]2O[C@H](C(=O)[C@H]3C[C@H]4C=C[C@@H]3C4)[C@H](O)[C@H]2O1. The van der Waals surface area contributed by atoms with Crippen molar-refractivity contribution in [2.45, 2.75) is 57.1 Å². The van der Waals surface area contributed by atoms with Crippen LogP contribution in [0, 0.1) is 17.8 Å². The fraction of sp³-hybridized carbons (Fsp3) is 0.800. The summed E-state index contributed by atoms with van der Waals surface area (Å²) < 4.78 is 16.8. The van der Waals surface area contributed by atoms with Crippen molar-refractivity contribution < 1.29 is 24.1 Å². The third kappa shape index (κ3) is 1.80. The molecule has 4 rings (SSSR count). The number of Topliss-reactive ketones (excluding diaryl/α,β-unsaturated/α-hetero) is 1. The molecule has 0 spiro atoms. The summed E-state index contributed by atoms with van der Waals surface area (Å²) in [5.74, 6) is 0.0742. The van der Waals surface area contributed by atoms with Gasteiger partial charge in [-0.15, -0.1) is 0 Å². The minimum absolute atomic E-state index is 0.00811. The third-order valence-corrected chi connectivity index (χ3v) is 4.94. The van der Waals surface area contributed by atoms with Crippen LogP contribution in [0.2, 0.25) is 0 Å². The maximum Gasteiger partial charge on any atom is 0.190 e. The van der Waals surface area contributed by atoms with Gasteiger partial charge in [-0.25, -0.2) is 0 Å². The summed E-state index contributed by atoms with van der Waals surface area (Å²) in [5, 5.41) is 10.3. The van der Waals surface area contributed by atoms with Crippen LogP contribution in [-0.4, -0.2) is 41.3 Å². The topological polar surface area (TPSA) is 65.0 Å². The van der Waals surface area contributed by atoms with Crippen molar-refractivity contribution in [3.8, 4) is 0 Å². The molecule has 5 heteroatoms. The molecule has 2 aliphatic heterocycles. The van der Waals surface area contributed by atoms with Gasteiger partial charge < -0.3 is 19.3 Å². The first-order chi connectivity index (χ1) is 9.44. The smallest absolute Gasteiger partial charge is 0.190 e. The zero-order chi connectivity index (χ0) is 14.1. The Labute approximate surface area is 117 Å². The molecule has 3 fully saturated rings. The predicted molar refractivity (Wildman–Crippen MR) is 68.6 cm³/mol. The number of hydrogen-bond donors (Lipinski definition) is 1. The van der Waals surface area contributed by atoms with Crippen molar-refractivity contribution >= 4 is 5.78 Å². The van der Waals surface area contributed by atoms with Gasteiger partial charge in [-0.2, -0.15) is 0 Å². The molecule has 7 atom stereocenters. The van der Waals surface area contributed by atoms with Gasteiger partial charge in [-0.3, -0.25) is 4.79 Å². The van der Waals surface area contributed by atoms with Crippen molar-refractivity contribution in [2.75, 3.05) is 0 Å². The summed E-state index contributed by atoms with van der Waals surface area (Å²) >= 11 is 0. The maximum absolute atomic E-state index is 12.6. The number of fused-ring (bicyclic) bond motifs is 3. The summed E-state index contributed by atoms with van der Waals surface area (Å²) in [5.41, 5.74) is 0. The predicted octanol–water partition coefficient (Wildman–Crippen LogP) is 1.00. The summed E-state index contributed by atoms with van der Waals surface area (Å²) in [6, 6.07) is 0. The Hall–Kier alpha value is -0.750. The van der Waals surface area contributed by atoms with Gasteiger partial charge in [0.05, 0.1) is 0 Å². The van der Waals surface area contributed by atoms with E-state index in [2.05, 4.69) is 12.2 Å². The van der Waals surface area contributed by atoms with Crippen LogP contribution in [0.25, 0.3) is 0 Å². The lowest BCUT2D eigenvalue weighted by Crippen LogP contribution is -2.42. The first-order valence-electron chi connectivity index (χ1n) is 7.36. The average molecular weight is 280 g/mol. The van der Waals surface area contributed by atoms with Crippen LogP contribution in [0.5, 0.6) is 0 Å². The fourth-order valence-corrected chi connectivity index (χ4v) is 4.05. The molecule has 4 aliphatic rings. The van der Waals surface area contributed by atoms with Crippen LogP contribution in [0.3, 0.4) is 0 Å². The van der Waals surface area contributed by atoms with Crippen LogP contribution < -0.4 is 0 Å². The molecule has 1 saturated carbocycles. The lowest BCUT2D eigenvalue weighted by molar-refractivity contribution is -0.215. The highest BCUT2D eigenvalue weighted by atomic mass is 16.8. The second kappa shape index (κ2) is 4.13. The highest BCUT2D eigenvalue weighted by Gasteiger charge is 2.57. The Kier molecular flexibility index (Phi) is 2.68. The average Bonchev–Trinajstić information content (AvgIpc) is 3.10. The van der Waals surface area contributed by atoms with E-state index in [1.165, 1.54) is 0 Å². The van der Waals surface area contributed by atoms with Crippen molar-refractivity contribution in [2.24, 2.45) is 17.8 Å². The van der Waals surface area contributed by atoms with Crippen LogP contribution in [0.15, 0.2) is 12.2 Å². The largest absolute Gasteiger partial charge is 0.387 e. The molecular formula is C15H20O5. The van der Waals surface area contributed by atoms with Crippen molar-refractivity contribution in [1.29, 1.82) is 0 Å². The quantitative estimate of drug-likeness (QED) is 0.765. The summed E-state index contributed by atoms with van der Waals surface area (Å²) in [6.07, 6.45) is 3.34. The second-order valence-electron chi connectivity index (χ2n) is 6.80. The molecule has 5 nitrogen and oxygen atoms in total. The minimum Gasteiger partial charge on any atom is -0.387 e. The number of allylic oxidation sites excluding steroid dienone is 2. The van der Waals surface area contributed by atoms with Gasteiger partial charge >= 0.3 is 0 Å². The monoisotopic (exact) mass is 280 g/mol. The van der Waals surface area contributed by atoms with Gasteiger partial charge in [0.1, 0.15) is 18.3 Å². The Morgan fingerprint density at radius 2 is 2.05 bits per heavy atom. The molecule has 0 aromatic rings. The van der Waals surface area contributed by atoms with E-state index < -0.39 is 30.4 Å². The van der Waals surface area contributed by atoms with Gasteiger partial charge in [0.15, 0.2) is 17.9 Å². The molecule has 2 aliphatic carbocycles. The molecule has 2 saturated heterocycles. The van der Waals surface area contributed by atoms with E-state index in [0.29, 0.717) is 11.8 Å². The van der Waals surface area contributed by atoms with Crippen molar-refractivity contribution in [1.82, 2.24) is 0 Å². The highest BCUT2D eigenvalue weighted by molar-refractivity contribution is 5.87. The molecule has 0 radical (unpaired) electrons. The molecule has 2 heterocycles. The molecule has 20 heavy (non-hydrogen) atoms. The fourth-order valence-electron chi connectivity index (χ4n) is 4.05. The highest BCUT2D eigenvalue weighted by Crippen LogP contribution is 2.46. The number of hydrogen-bond acceptors (Lipinski definition) is 5. The van der Waals surface area contributed by atoms with E-state index in [9.17, 15) is 9.90 Å². The zero-order valence-corrected chi connectivity index (χ0v) is 11.7. The molecule has 110 valence electrons. The number of carbonyl (C=O) groups is 1. The van der Waals surface area contributed by atoms with E-state index in [1.807, 2.05) is 0 Å². The van der Waals surface area contributed by atoms with E-state index in [0.717, 1.165) is 12.8 Å². The van der Waals surface area contributed by atoms with Gasteiger partial charge in [-0.05, 0) is 38.5 Å². The summed E-state index contributed by atoms with van der Waals surface area (Å²) in [6.45, 7) is 3.55. The summed E-state index contributed by atoms with van der Waals surface area (Å²) in [7, 11) is 0. The Morgan fingerprint density at radius 3 is 2.65 bits per heavy atom. The van der Waals surface area contributed by atoms with Crippen LogP contribution in [0.1, 0.15) is 26.7 Å². The first-order valence-corrected chi connectivity index (χ1v) is 7.36. The standard InChI is InChI=1S/C15H20O5/c1-15(2)19-13-11(17)12(18-14(13)20-15)10(16)9-6-7-3-4-8(9)5-7/h3-4,7-9,11-14,17H,5-6H2,1-2H3/t7-,8+,9-,11-,12+,13+,14+/m0/s1. The van der Waals surface area contributed by atoms with Crippen molar-refractivity contribution in [3.63, 3.8) is 0 Å². The van der Waals surface area contributed by atoms with E-state index in [4.69, 9.17) is 14.2 Å². The van der Waals surface area contributed by atoms with Crippen molar-refractivity contribution in [3.05, 3.63) is 12.2 Å². The molecule has 0 aromatic carbocycles. The van der Waals surface area contributed by atoms with Gasteiger partial charge in [0.2, 0.25) is 0 Å². The van der Waals surface area contributed by atoms with Gasteiger partial charge in [-0.1, -0.05) is 12.2 Å².